The fraction of sp³-hybridized carbons (Fsp3) is 0.900. The second kappa shape index (κ2) is 5.32. The molecule has 0 amide bonds. The SMILES string of the molecule is CNC1CCCN(C(C)C(=O)OC)C1. The molecule has 82 valence electrons. The molecule has 1 heterocycles. The lowest BCUT2D eigenvalue weighted by atomic mass is 10.0. The van der Waals surface area contributed by atoms with E-state index in [2.05, 4.69) is 10.2 Å². The van der Waals surface area contributed by atoms with Gasteiger partial charge in [-0.15, -0.1) is 0 Å². The average Bonchev–Trinajstić information content (AvgIpc) is 2.27. The molecule has 0 aromatic heterocycles. The molecule has 1 saturated heterocycles. The van der Waals surface area contributed by atoms with Crippen LogP contribution in [0, 0.1) is 0 Å². The van der Waals surface area contributed by atoms with Crippen LogP contribution in [0.1, 0.15) is 19.8 Å². The predicted molar refractivity (Wildman–Crippen MR) is 55.1 cm³/mol. The summed E-state index contributed by atoms with van der Waals surface area (Å²) in [4.78, 5) is 13.5. The minimum absolute atomic E-state index is 0.115. The summed E-state index contributed by atoms with van der Waals surface area (Å²) in [6, 6.07) is 0.395. The number of carbonyl (C=O) groups is 1. The average molecular weight is 200 g/mol. The van der Waals surface area contributed by atoms with E-state index in [0.717, 1.165) is 19.5 Å². The fourth-order valence-electron chi connectivity index (χ4n) is 1.91. The summed E-state index contributed by atoms with van der Waals surface area (Å²) < 4.78 is 4.73. The Bertz CT molecular complexity index is 197. The molecule has 1 fully saturated rings. The van der Waals surface area contributed by atoms with Crippen LogP contribution in [-0.4, -0.2) is 50.2 Å². The van der Waals surface area contributed by atoms with Crippen molar-refractivity contribution in [3.8, 4) is 0 Å². The number of rotatable bonds is 3. The molecule has 4 heteroatoms. The van der Waals surface area contributed by atoms with Crippen LogP contribution >= 0.6 is 0 Å². The third-order valence-corrected chi connectivity index (χ3v) is 2.95. The molecule has 0 spiro atoms. The Morgan fingerprint density at radius 1 is 1.64 bits per heavy atom. The number of ether oxygens (including phenoxy) is 1. The molecule has 1 N–H and O–H groups in total. The summed E-state index contributed by atoms with van der Waals surface area (Å²) in [6.45, 7) is 3.84. The first-order valence-corrected chi connectivity index (χ1v) is 5.18. The Morgan fingerprint density at radius 3 is 2.93 bits per heavy atom. The summed E-state index contributed by atoms with van der Waals surface area (Å²) in [5.41, 5.74) is 0. The first kappa shape index (κ1) is 11.5. The van der Waals surface area contributed by atoms with E-state index in [-0.39, 0.29) is 12.0 Å². The van der Waals surface area contributed by atoms with Crippen molar-refractivity contribution in [3.05, 3.63) is 0 Å². The second-order valence-electron chi connectivity index (χ2n) is 3.82. The van der Waals surface area contributed by atoms with Crippen molar-refractivity contribution in [2.45, 2.75) is 31.8 Å². The molecule has 4 nitrogen and oxygen atoms in total. The first-order chi connectivity index (χ1) is 6.69. The molecule has 2 unspecified atom stereocenters. The molecular formula is C10H20N2O2. The van der Waals surface area contributed by atoms with Crippen molar-refractivity contribution in [2.75, 3.05) is 27.2 Å². The van der Waals surface area contributed by atoms with Gasteiger partial charge in [0.25, 0.3) is 0 Å². The third kappa shape index (κ3) is 2.69. The fourth-order valence-corrected chi connectivity index (χ4v) is 1.91. The number of likely N-dealkylation sites (tertiary alicyclic amines) is 1. The maximum atomic E-state index is 11.3. The number of nitrogens with one attached hydrogen (secondary N) is 1. The van der Waals surface area contributed by atoms with E-state index in [1.54, 1.807) is 0 Å². The van der Waals surface area contributed by atoms with Gasteiger partial charge in [0.05, 0.1) is 7.11 Å². The van der Waals surface area contributed by atoms with Crippen LogP contribution in [0.25, 0.3) is 0 Å². The van der Waals surface area contributed by atoms with Gasteiger partial charge in [-0.25, -0.2) is 0 Å². The minimum atomic E-state index is -0.137. The lowest BCUT2D eigenvalue weighted by Gasteiger charge is -2.35. The number of nitrogens with zero attached hydrogens (tertiary/aromatic N) is 1. The van der Waals surface area contributed by atoms with Crippen LogP contribution in [-0.2, 0) is 9.53 Å². The standard InChI is InChI=1S/C10H20N2O2/c1-8(10(13)14-3)12-6-4-5-9(7-12)11-2/h8-9,11H,4-7H2,1-3H3. The van der Waals surface area contributed by atoms with E-state index in [0.29, 0.717) is 6.04 Å². The minimum Gasteiger partial charge on any atom is -0.468 e. The molecule has 2 atom stereocenters. The van der Waals surface area contributed by atoms with Gasteiger partial charge in [0.2, 0.25) is 0 Å². The van der Waals surface area contributed by atoms with E-state index in [1.165, 1.54) is 13.5 Å². The number of hydrogen-bond acceptors (Lipinski definition) is 4. The summed E-state index contributed by atoms with van der Waals surface area (Å²) in [5.74, 6) is -0.137. The number of piperidine rings is 1. The molecular weight excluding hydrogens is 180 g/mol. The van der Waals surface area contributed by atoms with Crippen LogP contribution in [0.15, 0.2) is 0 Å². The maximum Gasteiger partial charge on any atom is 0.322 e. The van der Waals surface area contributed by atoms with E-state index >= 15 is 0 Å². The number of methoxy groups -OCH3 is 1. The highest BCUT2D eigenvalue weighted by Gasteiger charge is 2.26. The number of likely N-dealkylation sites (N-methyl/N-ethyl adjacent to an activating group) is 1. The second-order valence-corrected chi connectivity index (χ2v) is 3.82. The van der Waals surface area contributed by atoms with Gasteiger partial charge in [-0.3, -0.25) is 9.69 Å². The Kier molecular flexibility index (Phi) is 4.35. The van der Waals surface area contributed by atoms with Crippen LogP contribution < -0.4 is 5.32 Å². The van der Waals surface area contributed by atoms with Crippen molar-refractivity contribution >= 4 is 5.97 Å². The highest BCUT2D eigenvalue weighted by atomic mass is 16.5. The molecule has 0 saturated carbocycles. The van der Waals surface area contributed by atoms with Crippen molar-refractivity contribution < 1.29 is 9.53 Å². The number of esters is 1. The van der Waals surface area contributed by atoms with E-state index < -0.39 is 0 Å². The molecule has 0 aromatic rings. The molecule has 0 aromatic carbocycles. The zero-order valence-electron chi connectivity index (χ0n) is 9.25. The van der Waals surface area contributed by atoms with Crippen molar-refractivity contribution in [1.82, 2.24) is 10.2 Å². The van der Waals surface area contributed by atoms with Crippen LogP contribution in [0.4, 0.5) is 0 Å². The summed E-state index contributed by atoms with van der Waals surface area (Å²) >= 11 is 0. The van der Waals surface area contributed by atoms with Crippen molar-refractivity contribution in [1.29, 1.82) is 0 Å². The van der Waals surface area contributed by atoms with Crippen molar-refractivity contribution in [3.63, 3.8) is 0 Å². The lowest BCUT2D eigenvalue weighted by molar-refractivity contribution is -0.146. The molecule has 14 heavy (non-hydrogen) atoms. The largest absolute Gasteiger partial charge is 0.468 e. The molecule has 0 radical (unpaired) electrons. The van der Waals surface area contributed by atoms with Crippen LogP contribution in [0.5, 0.6) is 0 Å². The van der Waals surface area contributed by atoms with E-state index in [4.69, 9.17) is 4.74 Å². The maximum absolute atomic E-state index is 11.3. The molecule has 0 aliphatic carbocycles. The first-order valence-electron chi connectivity index (χ1n) is 5.18. The number of carbonyl (C=O) groups excluding carboxylic acids is 1. The normalized spacial score (nSPS) is 25.8. The van der Waals surface area contributed by atoms with Crippen LogP contribution in [0.2, 0.25) is 0 Å². The van der Waals surface area contributed by atoms with Gasteiger partial charge in [-0.2, -0.15) is 0 Å². The van der Waals surface area contributed by atoms with E-state index in [1.807, 2.05) is 14.0 Å². The highest BCUT2D eigenvalue weighted by Crippen LogP contribution is 2.13. The van der Waals surface area contributed by atoms with Gasteiger partial charge in [0.15, 0.2) is 0 Å². The highest BCUT2D eigenvalue weighted by molar-refractivity contribution is 5.75. The molecule has 0 bridgehead atoms. The summed E-state index contributed by atoms with van der Waals surface area (Å²) in [6.07, 6.45) is 2.34. The van der Waals surface area contributed by atoms with Gasteiger partial charge < -0.3 is 10.1 Å². The number of hydrogen-bond donors (Lipinski definition) is 1. The Morgan fingerprint density at radius 2 is 2.36 bits per heavy atom. The molecule has 1 rings (SSSR count). The summed E-state index contributed by atoms with van der Waals surface area (Å²) in [7, 11) is 3.41. The zero-order chi connectivity index (χ0) is 10.6. The Balaban J connectivity index is 2.46. The Hall–Kier alpha value is -0.610. The van der Waals surface area contributed by atoms with Gasteiger partial charge in [0.1, 0.15) is 6.04 Å². The molecule has 1 aliphatic rings. The Labute approximate surface area is 85.6 Å². The van der Waals surface area contributed by atoms with Crippen LogP contribution in [0.3, 0.4) is 0 Å². The van der Waals surface area contributed by atoms with Gasteiger partial charge >= 0.3 is 5.97 Å². The smallest absolute Gasteiger partial charge is 0.322 e. The van der Waals surface area contributed by atoms with E-state index in [9.17, 15) is 4.79 Å². The topological polar surface area (TPSA) is 41.6 Å². The van der Waals surface area contributed by atoms with Gasteiger partial charge in [-0.05, 0) is 33.4 Å². The predicted octanol–water partition coefficient (Wildman–Crippen LogP) is 0.232. The lowest BCUT2D eigenvalue weighted by Crippen LogP contribution is -2.50. The van der Waals surface area contributed by atoms with Crippen molar-refractivity contribution in [2.24, 2.45) is 0 Å². The third-order valence-electron chi connectivity index (χ3n) is 2.95. The zero-order valence-corrected chi connectivity index (χ0v) is 9.25. The monoisotopic (exact) mass is 200 g/mol. The summed E-state index contributed by atoms with van der Waals surface area (Å²) in [5, 5.41) is 3.25. The molecule has 1 aliphatic heterocycles. The quantitative estimate of drug-likeness (QED) is 0.662. The van der Waals surface area contributed by atoms with Gasteiger partial charge in [0, 0.05) is 12.6 Å². The van der Waals surface area contributed by atoms with Gasteiger partial charge in [-0.1, -0.05) is 0 Å².